The highest BCUT2D eigenvalue weighted by molar-refractivity contribution is 5.54. The van der Waals surface area contributed by atoms with Gasteiger partial charge in [-0.2, -0.15) is 0 Å². The molecular weight excluding hydrogens is 352 g/mol. The van der Waals surface area contributed by atoms with Crippen molar-refractivity contribution in [2.45, 2.75) is 31.6 Å². The Balaban J connectivity index is 1.47. The van der Waals surface area contributed by atoms with Crippen LogP contribution in [0.1, 0.15) is 48.3 Å². The highest BCUT2D eigenvalue weighted by Crippen LogP contribution is 2.34. The molecule has 0 aromatic heterocycles. The molecule has 0 spiro atoms. The lowest BCUT2D eigenvalue weighted by molar-refractivity contribution is 0.947. The van der Waals surface area contributed by atoms with E-state index in [2.05, 4.69) is 88.7 Å². The maximum atomic E-state index is 2.51. The van der Waals surface area contributed by atoms with Crippen molar-refractivity contribution in [3.63, 3.8) is 0 Å². The van der Waals surface area contributed by atoms with Crippen LogP contribution in [0, 0.1) is 0 Å². The van der Waals surface area contributed by atoms with E-state index in [-0.39, 0.29) is 5.92 Å². The van der Waals surface area contributed by atoms with Crippen molar-refractivity contribution in [1.82, 2.24) is 0 Å². The van der Waals surface area contributed by atoms with Crippen LogP contribution in [-0.2, 0) is 0 Å². The maximum Gasteiger partial charge on any atom is 0.0366 e. The quantitative estimate of drug-likeness (QED) is 0.494. The lowest BCUT2D eigenvalue weighted by atomic mass is 9.85. The zero-order valence-corrected chi connectivity index (χ0v) is 17.1. The lowest BCUT2D eigenvalue weighted by Gasteiger charge is -2.23. The molecule has 2 aliphatic rings. The minimum absolute atomic E-state index is 0.274. The van der Waals surface area contributed by atoms with Gasteiger partial charge in [-0.1, -0.05) is 54.6 Å². The van der Waals surface area contributed by atoms with E-state index >= 15 is 0 Å². The number of hydrogen-bond donors (Lipinski definition) is 0. The Bertz CT molecular complexity index is 844. The van der Waals surface area contributed by atoms with E-state index in [0.29, 0.717) is 0 Å². The summed E-state index contributed by atoms with van der Waals surface area (Å²) in [6, 6.07) is 29.5. The first-order chi connectivity index (χ1) is 14.4. The third-order valence-corrected chi connectivity index (χ3v) is 6.53. The minimum Gasteiger partial charge on any atom is -0.372 e. The average Bonchev–Trinajstić information content (AvgIpc) is 3.51. The minimum atomic E-state index is 0.274. The first-order valence-electron chi connectivity index (χ1n) is 11.1. The molecule has 2 heteroatoms. The highest BCUT2D eigenvalue weighted by Gasteiger charge is 2.19. The summed E-state index contributed by atoms with van der Waals surface area (Å²) in [6.45, 7) is 4.78. The van der Waals surface area contributed by atoms with Gasteiger partial charge in [0, 0.05) is 43.5 Å². The van der Waals surface area contributed by atoms with Gasteiger partial charge >= 0.3 is 0 Å². The summed E-state index contributed by atoms with van der Waals surface area (Å²) in [5, 5.41) is 0. The van der Waals surface area contributed by atoms with Gasteiger partial charge in [-0.25, -0.2) is 0 Å². The SMILES string of the molecule is c1ccc(C(c2ccc(N3CCCC3)cc2)c2ccc(N3CCCC3)cc2)cc1. The standard InChI is InChI=1S/C27H30N2/c1-2-8-22(9-3-1)27(23-10-14-25(15-11-23)28-18-4-5-19-28)24-12-16-26(17-13-24)29-20-6-7-21-29/h1-3,8-17,27H,4-7,18-21H2. The van der Waals surface area contributed by atoms with Crippen molar-refractivity contribution in [2.24, 2.45) is 0 Å². The molecule has 2 fully saturated rings. The largest absolute Gasteiger partial charge is 0.372 e. The van der Waals surface area contributed by atoms with Crippen molar-refractivity contribution in [1.29, 1.82) is 0 Å². The van der Waals surface area contributed by atoms with Gasteiger partial charge in [-0.05, 0) is 66.6 Å². The van der Waals surface area contributed by atoms with Gasteiger partial charge in [0.15, 0.2) is 0 Å². The van der Waals surface area contributed by atoms with Gasteiger partial charge in [-0.3, -0.25) is 0 Å². The summed E-state index contributed by atoms with van der Waals surface area (Å²) in [7, 11) is 0. The molecule has 2 heterocycles. The fourth-order valence-corrected chi connectivity index (χ4v) is 4.93. The van der Waals surface area contributed by atoms with Gasteiger partial charge in [0.25, 0.3) is 0 Å². The van der Waals surface area contributed by atoms with Gasteiger partial charge in [0.1, 0.15) is 0 Å². The molecule has 2 aliphatic heterocycles. The van der Waals surface area contributed by atoms with E-state index in [1.54, 1.807) is 0 Å². The van der Waals surface area contributed by atoms with E-state index in [1.807, 2.05) is 0 Å². The van der Waals surface area contributed by atoms with Crippen LogP contribution in [0.4, 0.5) is 11.4 Å². The predicted octanol–water partition coefficient (Wildman–Crippen LogP) is 6.07. The topological polar surface area (TPSA) is 6.48 Å². The molecule has 3 aromatic carbocycles. The molecule has 2 nitrogen and oxygen atoms in total. The number of rotatable bonds is 5. The first-order valence-corrected chi connectivity index (χ1v) is 11.1. The van der Waals surface area contributed by atoms with E-state index < -0.39 is 0 Å². The zero-order chi connectivity index (χ0) is 19.5. The fourth-order valence-electron chi connectivity index (χ4n) is 4.93. The molecule has 0 aliphatic carbocycles. The number of nitrogens with zero attached hydrogens (tertiary/aromatic N) is 2. The van der Waals surface area contributed by atoms with E-state index in [9.17, 15) is 0 Å². The smallest absolute Gasteiger partial charge is 0.0366 e. The van der Waals surface area contributed by atoms with Crippen LogP contribution in [0.15, 0.2) is 78.9 Å². The molecule has 0 radical (unpaired) electrons. The Morgan fingerprint density at radius 2 is 0.828 bits per heavy atom. The van der Waals surface area contributed by atoms with Crippen LogP contribution >= 0.6 is 0 Å². The molecule has 148 valence electrons. The Labute approximate surface area is 174 Å². The summed E-state index contributed by atoms with van der Waals surface area (Å²) in [6.07, 6.45) is 5.27. The van der Waals surface area contributed by atoms with Gasteiger partial charge in [-0.15, -0.1) is 0 Å². The Hall–Kier alpha value is -2.74. The third-order valence-electron chi connectivity index (χ3n) is 6.53. The Kier molecular flexibility index (Phi) is 5.25. The normalized spacial score (nSPS) is 16.7. The van der Waals surface area contributed by atoms with E-state index in [1.165, 1.54) is 79.9 Å². The molecule has 0 saturated carbocycles. The van der Waals surface area contributed by atoms with Crippen LogP contribution in [0.5, 0.6) is 0 Å². The molecule has 2 saturated heterocycles. The van der Waals surface area contributed by atoms with Gasteiger partial charge < -0.3 is 9.80 Å². The van der Waals surface area contributed by atoms with Crippen LogP contribution in [0.3, 0.4) is 0 Å². The summed E-state index contributed by atoms with van der Waals surface area (Å²) < 4.78 is 0. The number of hydrogen-bond acceptors (Lipinski definition) is 2. The Morgan fingerprint density at radius 1 is 0.448 bits per heavy atom. The van der Waals surface area contributed by atoms with E-state index in [4.69, 9.17) is 0 Å². The van der Waals surface area contributed by atoms with Crippen molar-refractivity contribution >= 4 is 11.4 Å². The second-order valence-corrected chi connectivity index (χ2v) is 8.42. The van der Waals surface area contributed by atoms with Crippen molar-refractivity contribution in [3.05, 3.63) is 95.6 Å². The monoisotopic (exact) mass is 382 g/mol. The van der Waals surface area contributed by atoms with Crippen LogP contribution in [-0.4, -0.2) is 26.2 Å². The first kappa shape index (κ1) is 18.3. The highest BCUT2D eigenvalue weighted by atomic mass is 15.1. The van der Waals surface area contributed by atoms with Crippen molar-refractivity contribution in [3.8, 4) is 0 Å². The molecule has 0 bridgehead atoms. The second-order valence-electron chi connectivity index (χ2n) is 8.42. The van der Waals surface area contributed by atoms with Crippen molar-refractivity contribution < 1.29 is 0 Å². The molecule has 0 atom stereocenters. The summed E-state index contributed by atoms with van der Waals surface area (Å²) in [5.74, 6) is 0.274. The summed E-state index contributed by atoms with van der Waals surface area (Å²) in [5.41, 5.74) is 6.82. The summed E-state index contributed by atoms with van der Waals surface area (Å²) >= 11 is 0. The van der Waals surface area contributed by atoms with Crippen LogP contribution in [0.2, 0.25) is 0 Å². The lowest BCUT2D eigenvalue weighted by Crippen LogP contribution is -2.17. The molecule has 5 rings (SSSR count). The third kappa shape index (κ3) is 3.89. The van der Waals surface area contributed by atoms with Crippen molar-refractivity contribution in [2.75, 3.05) is 36.0 Å². The zero-order valence-electron chi connectivity index (χ0n) is 17.1. The van der Waals surface area contributed by atoms with Crippen LogP contribution < -0.4 is 9.80 Å². The Morgan fingerprint density at radius 3 is 1.24 bits per heavy atom. The molecule has 3 aromatic rings. The molecule has 29 heavy (non-hydrogen) atoms. The van der Waals surface area contributed by atoms with Crippen LogP contribution in [0.25, 0.3) is 0 Å². The molecule has 0 amide bonds. The number of anilines is 2. The number of benzene rings is 3. The van der Waals surface area contributed by atoms with Gasteiger partial charge in [0.2, 0.25) is 0 Å². The second kappa shape index (κ2) is 8.32. The fraction of sp³-hybridized carbons (Fsp3) is 0.333. The predicted molar refractivity (Wildman–Crippen MR) is 123 cm³/mol. The molecule has 0 N–H and O–H groups in total. The average molecular weight is 383 g/mol. The molecule has 0 unspecified atom stereocenters. The molecular formula is C27H30N2. The van der Waals surface area contributed by atoms with E-state index in [0.717, 1.165) is 0 Å². The van der Waals surface area contributed by atoms with Gasteiger partial charge in [0.05, 0.1) is 0 Å². The maximum absolute atomic E-state index is 2.51. The summed E-state index contributed by atoms with van der Waals surface area (Å²) in [4.78, 5) is 5.01.